The van der Waals surface area contributed by atoms with Gasteiger partial charge in [-0.3, -0.25) is 0 Å². The quantitative estimate of drug-likeness (QED) is 0.604. The van der Waals surface area contributed by atoms with Crippen molar-refractivity contribution in [3.8, 4) is 0 Å². The van der Waals surface area contributed by atoms with Crippen molar-refractivity contribution in [1.29, 1.82) is 0 Å². The van der Waals surface area contributed by atoms with Gasteiger partial charge in [-0.05, 0) is 56.5 Å². The molecule has 3 atom stereocenters. The fraction of sp³-hybridized carbons (Fsp3) is 0.480. The number of hydrogen-bond acceptors (Lipinski definition) is 5. The first kappa shape index (κ1) is 25.0. The van der Waals surface area contributed by atoms with Crippen LogP contribution in [0.2, 0.25) is 5.02 Å². The molecule has 2 aromatic carbocycles. The number of esters is 1. The lowest BCUT2D eigenvalue weighted by Crippen LogP contribution is -2.57. The van der Waals surface area contributed by atoms with Crippen molar-refractivity contribution in [3.05, 3.63) is 65.2 Å². The van der Waals surface area contributed by atoms with Crippen molar-refractivity contribution in [3.63, 3.8) is 0 Å². The lowest BCUT2D eigenvalue weighted by Gasteiger charge is -2.36. The van der Waals surface area contributed by atoms with Crippen molar-refractivity contribution in [2.24, 2.45) is 5.92 Å². The summed E-state index contributed by atoms with van der Waals surface area (Å²) in [6, 6.07) is 17.0. The predicted octanol–water partition coefficient (Wildman–Crippen LogP) is 3.81. The van der Waals surface area contributed by atoms with Crippen LogP contribution in [0.3, 0.4) is 0 Å². The SMILES string of the molecule is C[C@@H]1[C@H](c2ccccc2)[C@]1(NS(=O)(=O)N1CCN(c2ccc(Cl)cc2)CC1)C(=O)OC(C)(C)C. The molecule has 0 bridgehead atoms. The zero-order valence-electron chi connectivity index (χ0n) is 20.0. The van der Waals surface area contributed by atoms with Gasteiger partial charge in [0.15, 0.2) is 0 Å². The normalized spacial score (nSPS) is 25.7. The van der Waals surface area contributed by atoms with E-state index in [9.17, 15) is 13.2 Å². The molecular weight excluding hydrogens is 474 g/mol. The van der Waals surface area contributed by atoms with Gasteiger partial charge in [-0.2, -0.15) is 17.4 Å². The number of nitrogens with one attached hydrogen (secondary N) is 1. The predicted molar refractivity (Wildman–Crippen MR) is 134 cm³/mol. The van der Waals surface area contributed by atoms with Crippen molar-refractivity contribution >= 4 is 33.5 Å². The van der Waals surface area contributed by atoms with E-state index in [2.05, 4.69) is 9.62 Å². The monoisotopic (exact) mass is 505 g/mol. The zero-order valence-corrected chi connectivity index (χ0v) is 21.6. The topological polar surface area (TPSA) is 79.0 Å². The first-order valence-electron chi connectivity index (χ1n) is 11.5. The highest BCUT2D eigenvalue weighted by atomic mass is 35.5. The van der Waals surface area contributed by atoms with Crippen LogP contribution in [0.5, 0.6) is 0 Å². The van der Waals surface area contributed by atoms with Gasteiger partial charge in [0.25, 0.3) is 10.2 Å². The average molecular weight is 506 g/mol. The van der Waals surface area contributed by atoms with Crippen LogP contribution in [0.4, 0.5) is 5.69 Å². The summed E-state index contributed by atoms with van der Waals surface area (Å²) < 4.78 is 36.9. The lowest BCUT2D eigenvalue weighted by molar-refractivity contribution is -0.158. The lowest BCUT2D eigenvalue weighted by atomic mass is 10.1. The largest absolute Gasteiger partial charge is 0.459 e. The minimum atomic E-state index is -3.93. The number of carbonyl (C=O) groups excluding carboxylic acids is 1. The smallest absolute Gasteiger partial charge is 0.328 e. The fourth-order valence-corrected chi connectivity index (χ4v) is 6.49. The van der Waals surface area contributed by atoms with Gasteiger partial charge in [-0.25, -0.2) is 4.79 Å². The van der Waals surface area contributed by atoms with Gasteiger partial charge < -0.3 is 9.64 Å². The summed E-state index contributed by atoms with van der Waals surface area (Å²) in [5, 5.41) is 0.660. The Bertz CT molecular complexity index is 1130. The maximum Gasteiger partial charge on any atom is 0.328 e. The van der Waals surface area contributed by atoms with Gasteiger partial charge in [0.05, 0.1) is 0 Å². The van der Waals surface area contributed by atoms with Crippen molar-refractivity contribution < 1.29 is 17.9 Å². The number of benzene rings is 2. The fourth-order valence-electron chi connectivity index (χ4n) is 4.76. The number of piperazine rings is 1. The highest BCUT2D eigenvalue weighted by Gasteiger charge is 2.71. The second-order valence-corrected chi connectivity index (χ2v) is 12.1. The van der Waals surface area contributed by atoms with E-state index in [1.807, 2.05) is 61.5 Å². The van der Waals surface area contributed by atoms with Crippen molar-refractivity contribution in [2.45, 2.75) is 44.8 Å². The molecule has 34 heavy (non-hydrogen) atoms. The van der Waals surface area contributed by atoms with Crippen molar-refractivity contribution in [1.82, 2.24) is 9.03 Å². The maximum atomic E-state index is 13.5. The van der Waals surface area contributed by atoms with Gasteiger partial charge >= 0.3 is 5.97 Å². The molecule has 4 rings (SSSR count). The minimum absolute atomic E-state index is 0.241. The summed E-state index contributed by atoms with van der Waals surface area (Å²) >= 11 is 5.98. The third-order valence-electron chi connectivity index (χ3n) is 6.56. The van der Waals surface area contributed by atoms with E-state index in [4.69, 9.17) is 16.3 Å². The Morgan fingerprint density at radius 3 is 2.18 bits per heavy atom. The summed E-state index contributed by atoms with van der Waals surface area (Å²) in [6.07, 6.45) is 0. The van der Waals surface area contributed by atoms with Crippen LogP contribution >= 0.6 is 11.6 Å². The van der Waals surface area contributed by atoms with E-state index in [0.29, 0.717) is 31.2 Å². The molecule has 1 aliphatic heterocycles. The van der Waals surface area contributed by atoms with Crippen LogP contribution in [0.15, 0.2) is 54.6 Å². The summed E-state index contributed by atoms with van der Waals surface area (Å²) in [6.45, 7) is 8.95. The Hall–Kier alpha value is -2.13. The molecular formula is C25H32ClN3O4S. The Balaban J connectivity index is 1.53. The van der Waals surface area contributed by atoms with Gasteiger partial charge in [-0.15, -0.1) is 0 Å². The zero-order chi connectivity index (χ0) is 24.7. The van der Waals surface area contributed by atoms with Crippen LogP contribution in [-0.2, 0) is 19.7 Å². The molecule has 0 spiro atoms. The Morgan fingerprint density at radius 1 is 1.03 bits per heavy atom. The molecule has 1 saturated heterocycles. The molecule has 0 radical (unpaired) electrons. The van der Waals surface area contributed by atoms with E-state index in [1.54, 1.807) is 20.8 Å². The number of ether oxygens (including phenoxy) is 1. The third kappa shape index (κ3) is 4.96. The van der Waals surface area contributed by atoms with Gasteiger partial charge in [0.1, 0.15) is 11.1 Å². The summed E-state index contributed by atoms with van der Waals surface area (Å²) in [7, 11) is -3.93. The minimum Gasteiger partial charge on any atom is -0.459 e. The molecule has 0 amide bonds. The van der Waals surface area contributed by atoms with Crippen LogP contribution in [0.25, 0.3) is 0 Å². The van der Waals surface area contributed by atoms with Crippen LogP contribution in [-0.4, -0.2) is 56.0 Å². The Morgan fingerprint density at radius 2 is 1.62 bits per heavy atom. The number of nitrogens with zero attached hydrogens (tertiary/aromatic N) is 2. The molecule has 7 nitrogen and oxygen atoms in total. The maximum absolute atomic E-state index is 13.5. The van der Waals surface area contributed by atoms with Crippen LogP contribution in [0, 0.1) is 5.92 Å². The molecule has 0 unspecified atom stereocenters. The second kappa shape index (κ2) is 9.15. The average Bonchev–Trinajstić information content (AvgIpc) is 3.37. The van der Waals surface area contributed by atoms with E-state index in [0.717, 1.165) is 11.3 Å². The first-order valence-corrected chi connectivity index (χ1v) is 13.3. The number of anilines is 1. The standard InChI is InChI=1S/C25H32ClN3O4S/c1-18-22(19-8-6-5-7-9-19)25(18,23(30)33-24(2,3)4)27-34(31,32)29-16-14-28(15-17-29)21-12-10-20(26)11-13-21/h5-13,18,22,27H,14-17H2,1-4H3/t18-,22-,25+/m1/s1. The highest BCUT2D eigenvalue weighted by molar-refractivity contribution is 7.87. The number of halogens is 1. The molecule has 9 heteroatoms. The molecule has 1 aliphatic carbocycles. The van der Waals surface area contributed by atoms with Crippen molar-refractivity contribution in [2.75, 3.05) is 31.1 Å². The number of carbonyl (C=O) groups is 1. The molecule has 2 aromatic rings. The summed E-state index contributed by atoms with van der Waals surface area (Å²) in [4.78, 5) is 15.5. The second-order valence-electron chi connectivity index (χ2n) is 10.0. The molecule has 2 fully saturated rings. The number of hydrogen-bond donors (Lipinski definition) is 1. The molecule has 1 N–H and O–H groups in total. The third-order valence-corrected chi connectivity index (χ3v) is 8.46. The molecule has 184 valence electrons. The molecule has 1 saturated carbocycles. The van der Waals surface area contributed by atoms with E-state index in [-0.39, 0.29) is 11.8 Å². The van der Waals surface area contributed by atoms with Gasteiger partial charge in [0, 0.05) is 42.8 Å². The highest BCUT2D eigenvalue weighted by Crippen LogP contribution is 2.58. The van der Waals surface area contributed by atoms with Gasteiger partial charge in [-0.1, -0.05) is 48.9 Å². The van der Waals surface area contributed by atoms with Gasteiger partial charge in [0.2, 0.25) is 0 Å². The van der Waals surface area contributed by atoms with E-state index >= 15 is 0 Å². The summed E-state index contributed by atoms with van der Waals surface area (Å²) in [5.41, 5.74) is -0.153. The molecule has 1 heterocycles. The molecule has 0 aromatic heterocycles. The van der Waals surface area contributed by atoms with Crippen LogP contribution < -0.4 is 9.62 Å². The Kier molecular flexibility index (Phi) is 6.72. The summed E-state index contributed by atoms with van der Waals surface area (Å²) in [5.74, 6) is -1.08. The Labute approximate surface area is 207 Å². The van der Waals surface area contributed by atoms with Crippen LogP contribution in [0.1, 0.15) is 39.2 Å². The van der Waals surface area contributed by atoms with E-state index < -0.39 is 27.3 Å². The van der Waals surface area contributed by atoms with E-state index in [1.165, 1.54) is 4.31 Å². The molecule has 2 aliphatic rings. The first-order chi connectivity index (χ1) is 15.9. The number of rotatable bonds is 6.